The van der Waals surface area contributed by atoms with Gasteiger partial charge in [-0.2, -0.15) is 8.75 Å². The Morgan fingerprint density at radius 3 is 3.13 bits per heavy atom. The molecule has 1 aliphatic rings. The van der Waals surface area contributed by atoms with Crippen LogP contribution in [0.5, 0.6) is 0 Å². The molecule has 2 rings (SSSR count). The minimum atomic E-state index is -0.0249. The van der Waals surface area contributed by atoms with E-state index in [0.29, 0.717) is 5.69 Å². The fourth-order valence-corrected chi connectivity index (χ4v) is 2.32. The summed E-state index contributed by atoms with van der Waals surface area (Å²) in [6, 6.07) is 0.417. The zero-order valence-electron chi connectivity index (χ0n) is 8.59. The highest BCUT2D eigenvalue weighted by Gasteiger charge is 2.28. The van der Waals surface area contributed by atoms with Crippen molar-refractivity contribution >= 4 is 17.6 Å². The predicted octanol–water partition coefficient (Wildman–Crippen LogP) is 0.490. The van der Waals surface area contributed by atoms with E-state index < -0.39 is 0 Å². The normalized spacial score (nSPS) is 26.7. The first-order valence-corrected chi connectivity index (χ1v) is 5.75. The van der Waals surface area contributed by atoms with Gasteiger partial charge in [-0.3, -0.25) is 4.79 Å². The highest BCUT2D eigenvalue weighted by Crippen LogP contribution is 2.18. The van der Waals surface area contributed by atoms with Gasteiger partial charge < -0.3 is 10.6 Å². The van der Waals surface area contributed by atoms with Crippen molar-refractivity contribution in [3.63, 3.8) is 0 Å². The molecular formula is C9H14N4OS. The number of carbonyl (C=O) groups is 1. The van der Waals surface area contributed by atoms with Crippen molar-refractivity contribution in [2.24, 2.45) is 5.73 Å². The first-order chi connectivity index (χ1) is 7.18. The maximum absolute atomic E-state index is 12.0. The van der Waals surface area contributed by atoms with Crippen molar-refractivity contribution in [1.29, 1.82) is 0 Å². The van der Waals surface area contributed by atoms with E-state index in [2.05, 4.69) is 8.75 Å². The van der Waals surface area contributed by atoms with Gasteiger partial charge in [0.2, 0.25) is 0 Å². The smallest absolute Gasteiger partial charge is 0.275 e. The van der Waals surface area contributed by atoms with Crippen LogP contribution in [0.3, 0.4) is 0 Å². The molecule has 0 bridgehead atoms. The number of carbonyl (C=O) groups excluding carboxylic acids is 1. The lowest BCUT2D eigenvalue weighted by molar-refractivity contribution is 0.0614. The molecule has 1 aromatic rings. The Bertz CT molecular complexity index is 340. The van der Waals surface area contributed by atoms with Gasteiger partial charge in [-0.15, -0.1) is 0 Å². The van der Waals surface area contributed by atoms with Gasteiger partial charge in [-0.25, -0.2) is 0 Å². The summed E-state index contributed by atoms with van der Waals surface area (Å²) in [7, 11) is 0. The Morgan fingerprint density at radius 1 is 1.73 bits per heavy atom. The maximum Gasteiger partial charge on any atom is 0.275 e. The molecule has 0 saturated carbocycles. The summed E-state index contributed by atoms with van der Waals surface area (Å²) in [6.07, 6.45) is 3.26. The quantitative estimate of drug-likeness (QED) is 0.756. The third kappa shape index (κ3) is 2.15. The summed E-state index contributed by atoms with van der Waals surface area (Å²) < 4.78 is 7.79. The Morgan fingerprint density at radius 2 is 2.53 bits per heavy atom. The first kappa shape index (κ1) is 10.5. The lowest BCUT2D eigenvalue weighted by Gasteiger charge is -2.35. The lowest BCUT2D eigenvalue weighted by atomic mass is 9.99. The minimum absolute atomic E-state index is 0.0249. The Labute approximate surface area is 92.6 Å². The number of nitrogens with zero attached hydrogens (tertiary/aromatic N) is 3. The summed E-state index contributed by atoms with van der Waals surface area (Å²) in [5.74, 6) is -0.0249. The largest absolute Gasteiger partial charge is 0.334 e. The molecule has 6 heteroatoms. The third-order valence-electron chi connectivity index (χ3n) is 2.76. The van der Waals surface area contributed by atoms with Crippen molar-refractivity contribution in [2.45, 2.75) is 31.8 Å². The molecular weight excluding hydrogens is 212 g/mol. The molecule has 15 heavy (non-hydrogen) atoms. The molecule has 0 radical (unpaired) electrons. The zero-order chi connectivity index (χ0) is 10.8. The molecule has 82 valence electrons. The van der Waals surface area contributed by atoms with Gasteiger partial charge >= 0.3 is 0 Å². The van der Waals surface area contributed by atoms with Crippen LogP contribution >= 0.6 is 11.7 Å². The standard InChI is InChI=1S/C9H14N4OS/c1-6-4-7(10)2-3-13(6)9(14)8-5-11-15-12-8/h5-7H,2-4,10H2,1H3. The number of rotatable bonds is 1. The summed E-state index contributed by atoms with van der Waals surface area (Å²) in [5.41, 5.74) is 6.29. The molecule has 0 aromatic carbocycles. The van der Waals surface area contributed by atoms with Crippen LogP contribution in [0, 0.1) is 0 Å². The summed E-state index contributed by atoms with van der Waals surface area (Å²) in [4.78, 5) is 13.8. The van der Waals surface area contributed by atoms with E-state index in [4.69, 9.17) is 5.73 Å². The predicted molar refractivity (Wildman–Crippen MR) is 57.6 cm³/mol. The number of hydrogen-bond donors (Lipinski definition) is 1. The van der Waals surface area contributed by atoms with Crippen molar-refractivity contribution < 1.29 is 4.79 Å². The van der Waals surface area contributed by atoms with E-state index in [1.807, 2.05) is 11.8 Å². The molecule has 0 aliphatic carbocycles. The average Bonchev–Trinajstić information content (AvgIpc) is 2.69. The van der Waals surface area contributed by atoms with Gasteiger partial charge in [0.25, 0.3) is 5.91 Å². The SMILES string of the molecule is CC1CC(N)CCN1C(=O)c1cnsn1. The van der Waals surface area contributed by atoms with E-state index >= 15 is 0 Å². The molecule has 0 spiro atoms. The molecule has 2 heterocycles. The lowest BCUT2D eigenvalue weighted by Crippen LogP contribution is -2.48. The second kappa shape index (κ2) is 4.24. The fourth-order valence-electron chi connectivity index (χ4n) is 1.92. The Kier molecular flexibility index (Phi) is 2.97. The van der Waals surface area contributed by atoms with Crippen LogP contribution in [-0.4, -0.2) is 38.2 Å². The highest BCUT2D eigenvalue weighted by molar-refractivity contribution is 6.99. The number of aromatic nitrogens is 2. The summed E-state index contributed by atoms with van der Waals surface area (Å²) in [5, 5.41) is 0. The van der Waals surface area contributed by atoms with Crippen LogP contribution in [0.2, 0.25) is 0 Å². The van der Waals surface area contributed by atoms with Crippen LogP contribution in [0.15, 0.2) is 6.20 Å². The van der Waals surface area contributed by atoms with E-state index in [1.165, 1.54) is 6.20 Å². The van der Waals surface area contributed by atoms with Crippen molar-refractivity contribution in [3.05, 3.63) is 11.9 Å². The van der Waals surface area contributed by atoms with Gasteiger partial charge in [0, 0.05) is 18.6 Å². The van der Waals surface area contributed by atoms with Crippen LogP contribution in [0.4, 0.5) is 0 Å². The Hall–Kier alpha value is -1.01. The minimum Gasteiger partial charge on any atom is -0.334 e. The van der Waals surface area contributed by atoms with Gasteiger partial charge in [0.05, 0.1) is 17.9 Å². The van der Waals surface area contributed by atoms with E-state index in [-0.39, 0.29) is 18.0 Å². The molecule has 2 atom stereocenters. The Balaban J connectivity index is 2.08. The van der Waals surface area contributed by atoms with Crippen molar-refractivity contribution in [1.82, 2.24) is 13.6 Å². The molecule has 1 amide bonds. The molecule has 1 aliphatic heterocycles. The summed E-state index contributed by atoms with van der Waals surface area (Å²) in [6.45, 7) is 2.75. The van der Waals surface area contributed by atoms with Gasteiger partial charge in [0.1, 0.15) is 0 Å². The van der Waals surface area contributed by atoms with E-state index in [1.54, 1.807) is 0 Å². The van der Waals surface area contributed by atoms with Gasteiger partial charge in [-0.05, 0) is 19.8 Å². The third-order valence-corrected chi connectivity index (χ3v) is 3.24. The second-order valence-corrected chi connectivity index (χ2v) is 4.48. The first-order valence-electron chi connectivity index (χ1n) is 5.02. The number of amides is 1. The van der Waals surface area contributed by atoms with E-state index in [9.17, 15) is 4.79 Å². The number of nitrogens with two attached hydrogens (primary N) is 1. The summed E-state index contributed by atoms with van der Waals surface area (Å²) >= 11 is 1.06. The average molecular weight is 226 g/mol. The monoisotopic (exact) mass is 226 g/mol. The van der Waals surface area contributed by atoms with Crippen molar-refractivity contribution in [2.75, 3.05) is 6.54 Å². The number of piperidine rings is 1. The molecule has 2 unspecified atom stereocenters. The second-order valence-electron chi connectivity index (χ2n) is 3.92. The number of hydrogen-bond acceptors (Lipinski definition) is 5. The fraction of sp³-hybridized carbons (Fsp3) is 0.667. The van der Waals surface area contributed by atoms with Crippen LogP contribution in [0.25, 0.3) is 0 Å². The molecule has 1 fully saturated rings. The maximum atomic E-state index is 12.0. The molecule has 1 saturated heterocycles. The molecule has 2 N–H and O–H groups in total. The highest BCUT2D eigenvalue weighted by atomic mass is 32.1. The van der Waals surface area contributed by atoms with Gasteiger partial charge in [0.15, 0.2) is 5.69 Å². The van der Waals surface area contributed by atoms with Crippen LogP contribution in [0.1, 0.15) is 30.3 Å². The topological polar surface area (TPSA) is 72.1 Å². The van der Waals surface area contributed by atoms with Gasteiger partial charge in [-0.1, -0.05) is 0 Å². The van der Waals surface area contributed by atoms with Crippen molar-refractivity contribution in [3.8, 4) is 0 Å². The van der Waals surface area contributed by atoms with Crippen LogP contribution < -0.4 is 5.73 Å². The number of likely N-dealkylation sites (tertiary alicyclic amines) is 1. The van der Waals surface area contributed by atoms with E-state index in [0.717, 1.165) is 31.1 Å². The zero-order valence-corrected chi connectivity index (χ0v) is 9.41. The molecule has 1 aromatic heterocycles. The molecule has 5 nitrogen and oxygen atoms in total. The van der Waals surface area contributed by atoms with Crippen LogP contribution in [-0.2, 0) is 0 Å².